The molecule has 1 nitrogen and oxygen atoms in total. The molecule has 0 aliphatic heterocycles. The minimum absolute atomic E-state index is 0.0968. The van der Waals surface area contributed by atoms with Crippen LogP contribution in [0.3, 0.4) is 0 Å². The number of aryl methyl sites for hydroxylation is 2. The van der Waals surface area contributed by atoms with Crippen LogP contribution < -0.4 is 0 Å². The molecule has 0 saturated heterocycles. The molecule has 15 heavy (non-hydrogen) atoms. The summed E-state index contributed by atoms with van der Waals surface area (Å²) in [6, 6.07) is 8.67. The largest absolute Gasteiger partial charge is 0.393 e. The Morgan fingerprint density at radius 1 is 1.13 bits per heavy atom. The normalized spacial score (nSPS) is 12.7. The van der Waals surface area contributed by atoms with E-state index in [9.17, 15) is 5.11 Å². The summed E-state index contributed by atoms with van der Waals surface area (Å²) in [5, 5.41) is 9.57. The molecule has 0 aromatic heterocycles. The molecule has 0 saturated carbocycles. The molecule has 0 aliphatic carbocycles. The third kappa shape index (κ3) is 4.98. The van der Waals surface area contributed by atoms with Crippen molar-refractivity contribution in [3.63, 3.8) is 0 Å². The minimum Gasteiger partial charge on any atom is -0.393 e. The second kappa shape index (κ2) is 6.62. The zero-order valence-electron chi connectivity index (χ0n) is 9.87. The second-order valence-electron chi connectivity index (χ2n) is 4.32. The smallest absolute Gasteiger partial charge is 0.0540 e. The SMILES string of the molecule is CCCC(O)CCCc1ccc(C)cc1. The average Bonchev–Trinajstić information content (AvgIpc) is 2.21. The van der Waals surface area contributed by atoms with Crippen molar-refractivity contribution in [2.45, 2.75) is 52.1 Å². The van der Waals surface area contributed by atoms with Crippen LogP contribution in [0.5, 0.6) is 0 Å². The van der Waals surface area contributed by atoms with Crippen molar-refractivity contribution in [3.8, 4) is 0 Å². The highest BCUT2D eigenvalue weighted by Crippen LogP contribution is 2.10. The first-order chi connectivity index (χ1) is 7.22. The molecule has 84 valence electrons. The number of aliphatic hydroxyl groups excluding tert-OH is 1. The molecule has 0 heterocycles. The van der Waals surface area contributed by atoms with E-state index in [2.05, 4.69) is 38.1 Å². The molecule has 1 rings (SSSR count). The van der Waals surface area contributed by atoms with Crippen LogP contribution in [0.15, 0.2) is 24.3 Å². The fourth-order valence-electron chi connectivity index (χ4n) is 1.77. The zero-order chi connectivity index (χ0) is 11.1. The Hall–Kier alpha value is -0.820. The van der Waals surface area contributed by atoms with E-state index in [-0.39, 0.29) is 6.10 Å². The van der Waals surface area contributed by atoms with Crippen LogP contribution in [0, 0.1) is 6.92 Å². The van der Waals surface area contributed by atoms with Gasteiger partial charge in [0.1, 0.15) is 0 Å². The highest BCUT2D eigenvalue weighted by molar-refractivity contribution is 5.21. The van der Waals surface area contributed by atoms with Gasteiger partial charge in [-0.15, -0.1) is 0 Å². The lowest BCUT2D eigenvalue weighted by atomic mass is 10.0. The molecule has 1 heteroatoms. The standard InChI is InChI=1S/C14H22O/c1-3-5-14(15)7-4-6-13-10-8-12(2)9-11-13/h8-11,14-15H,3-7H2,1-2H3. The average molecular weight is 206 g/mol. The van der Waals surface area contributed by atoms with Crippen LogP contribution >= 0.6 is 0 Å². The first-order valence-corrected chi connectivity index (χ1v) is 5.96. The van der Waals surface area contributed by atoms with Crippen LogP contribution in [-0.2, 0) is 6.42 Å². The molecule has 1 aromatic carbocycles. The summed E-state index contributed by atoms with van der Waals surface area (Å²) < 4.78 is 0. The molecular weight excluding hydrogens is 184 g/mol. The molecule has 1 aromatic rings. The number of hydrogen-bond donors (Lipinski definition) is 1. The van der Waals surface area contributed by atoms with E-state index >= 15 is 0 Å². The fraction of sp³-hybridized carbons (Fsp3) is 0.571. The van der Waals surface area contributed by atoms with Gasteiger partial charge >= 0.3 is 0 Å². The van der Waals surface area contributed by atoms with Gasteiger partial charge in [0, 0.05) is 0 Å². The summed E-state index contributed by atoms with van der Waals surface area (Å²) >= 11 is 0. The van der Waals surface area contributed by atoms with Gasteiger partial charge in [0.25, 0.3) is 0 Å². The van der Waals surface area contributed by atoms with Crippen LogP contribution in [0.4, 0.5) is 0 Å². The summed E-state index contributed by atoms with van der Waals surface area (Å²) in [6.07, 6.45) is 5.02. The van der Waals surface area contributed by atoms with Gasteiger partial charge in [-0.1, -0.05) is 43.2 Å². The van der Waals surface area contributed by atoms with Crippen LogP contribution in [0.2, 0.25) is 0 Å². The third-order valence-electron chi connectivity index (χ3n) is 2.75. The molecule has 1 unspecified atom stereocenters. The van der Waals surface area contributed by atoms with Crippen molar-refractivity contribution in [2.24, 2.45) is 0 Å². The van der Waals surface area contributed by atoms with Crippen LogP contribution in [0.25, 0.3) is 0 Å². The summed E-state index contributed by atoms with van der Waals surface area (Å²) in [7, 11) is 0. The lowest BCUT2D eigenvalue weighted by molar-refractivity contribution is 0.151. The van der Waals surface area contributed by atoms with Crippen molar-refractivity contribution in [1.29, 1.82) is 0 Å². The van der Waals surface area contributed by atoms with Gasteiger partial charge in [-0.2, -0.15) is 0 Å². The van der Waals surface area contributed by atoms with E-state index < -0.39 is 0 Å². The maximum absolute atomic E-state index is 9.57. The topological polar surface area (TPSA) is 20.2 Å². The van der Waals surface area contributed by atoms with Gasteiger partial charge in [0.15, 0.2) is 0 Å². The molecule has 0 spiro atoms. The van der Waals surface area contributed by atoms with E-state index in [0.717, 1.165) is 32.1 Å². The summed E-state index contributed by atoms with van der Waals surface area (Å²) in [4.78, 5) is 0. The lowest BCUT2D eigenvalue weighted by Crippen LogP contribution is -2.05. The highest BCUT2D eigenvalue weighted by atomic mass is 16.3. The quantitative estimate of drug-likeness (QED) is 0.755. The summed E-state index contributed by atoms with van der Waals surface area (Å²) in [6.45, 7) is 4.22. The predicted octanol–water partition coefficient (Wildman–Crippen LogP) is 3.48. The van der Waals surface area contributed by atoms with E-state index in [0.29, 0.717) is 0 Å². The van der Waals surface area contributed by atoms with Gasteiger partial charge in [-0.3, -0.25) is 0 Å². The van der Waals surface area contributed by atoms with Gasteiger partial charge in [-0.05, 0) is 38.2 Å². The van der Waals surface area contributed by atoms with Crippen molar-refractivity contribution in [3.05, 3.63) is 35.4 Å². The monoisotopic (exact) mass is 206 g/mol. The van der Waals surface area contributed by atoms with Gasteiger partial charge in [-0.25, -0.2) is 0 Å². The highest BCUT2D eigenvalue weighted by Gasteiger charge is 2.02. The Kier molecular flexibility index (Phi) is 5.41. The van der Waals surface area contributed by atoms with E-state index in [1.54, 1.807) is 0 Å². The van der Waals surface area contributed by atoms with E-state index in [1.807, 2.05) is 0 Å². The fourth-order valence-corrected chi connectivity index (χ4v) is 1.77. The molecule has 0 fully saturated rings. The van der Waals surface area contributed by atoms with Crippen molar-refractivity contribution >= 4 is 0 Å². The first kappa shape index (κ1) is 12.3. The molecule has 0 amide bonds. The number of aliphatic hydroxyl groups is 1. The molecule has 0 bridgehead atoms. The molecule has 1 N–H and O–H groups in total. The Balaban J connectivity index is 2.22. The lowest BCUT2D eigenvalue weighted by Gasteiger charge is -2.08. The Bertz CT molecular complexity index is 263. The van der Waals surface area contributed by atoms with Crippen LogP contribution in [0.1, 0.15) is 43.7 Å². The summed E-state index contributed by atoms with van der Waals surface area (Å²) in [5.74, 6) is 0. The number of hydrogen-bond acceptors (Lipinski definition) is 1. The first-order valence-electron chi connectivity index (χ1n) is 5.96. The van der Waals surface area contributed by atoms with Crippen LogP contribution in [-0.4, -0.2) is 11.2 Å². The van der Waals surface area contributed by atoms with Crippen molar-refractivity contribution < 1.29 is 5.11 Å². The number of rotatable bonds is 6. The van der Waals surface area contributed by atoms with Gasteiger partial charge in [0.2, 0.25) is 0 Å². The Morgan fingerprint density at radius 3 is 2.40 bits per heavy atom. The predicted molar refractivity (Wildman–Crippen MR) is 65.0 cm³/mol. The molecule has 1 atom stereocenters. The van der Waals surface area contributed by atoms with E-state index in [1.165, 1.54) is 11.1 Å². The molecule has 0 radical (unpaired) electrons. The van der Waals surface area contributed by atoms with E-state index in [4.69, 9.17) is 0 Å². The minimum atomic E-state index is -0.0968. The van der Waals surface area contributed by atoms with Crippen molar-refractivity contribution in [2.75, 3.05) is 0 Å². The molecular formula is C14H22O. The maximum atomic E-state index is 9.57. The van der Waals surface area contributed by atoms with Crippen molar-refractivity contribution in [1.82, 2.24) is 0 Å². The van der Waals surface area contributed by atoms with Gasteiger partial charge in [0.05, 0.1) is 6.10 Å². The third-order valence-corrected chi connectivity index (χ3v) is 2.75. The second-order valence-corrected chi connectivity index (χ2v) is 4.32. The van der Waals surface area contributed by atoms with Gasteiger partial charge < -0.3 is 5.11 Å². The Morgan fingerprint density at radius 2 is 1.80 bits per heavy atom. The maximum Gasteiger partial charge on any atom is 0.0540 e. The summed E-state index contributed by atoms with van der Waals surface area (Å²) in [5.41, 5.74) is 2.69. The number of benzene rings is 1. The molecule has 0 aliphatic rings. The zero-order valence-corrected chi connectivity index (χ0v) is 9.87. The Labute approximate surface area is 93.1 Å².